The maximum Gasteiger partial charge on any atom is 0.241 e. The van der Waals surface area contributed by atoms with E-state index < -0.39 is 0 Å². The van der Waals surface area contributed by atoms with Gasteiger partial charge in [0.25, 0.3) is 0 Å². The summed E-state index contributed by atoms with van der Waals surface area (Å²) in [5, 5.41) is 9.15. The van der Waals surface area contributed by atoms with Crippen molar-refractivity contribution in [3.05, 3.63) is 42.1 Å². The second-order valence-corrected chi connectivity index (χ2v) is 5.80. The first kappa shape index (κ1) is 15.8. The molecule has 2 aromatic rings. The van der Waals surface area contributed by atoms with Gasteiger partial charge < -0.3 is 14.7 Å². The number of β-amino-alcohol motifs (C(OH)–C–C–N with tert-alkyl or cyclic N) is 1. The largest absolute Gasteiger partial charge is 0.435 e. The highest BCUT2D eigenvalue weighted by Crippen LogP contribution is 2.32. The van der Waals surface area contributed by atoms with E-state index in [1.165, 1.54) is 0 Å². The zero-order chi connectivity index (χ0) is 16.1. The summed E-state index contributed by atoms with van der Waals surface area (Å²) in [5.74, 6) is 1.53. The maximum atomic E-state index is 9.15. The van der Waals surface area contributed by atoms with Crippen molar-refractivity contribution in [3.8, 4) is 11.6 Å². The van der Waals surface area contributed by atoms with Gasteiger partial charge in [-0.25, -0.2) is 4.98 Å². The highest BCUT2D eigenvalue weighted by atomic mass is 16.5. The van der Waals surface area contributed by atoms with Crippen molar-refractivity contribution in [2.24, 2.45) is 0 Å². The van der Waals surface area contributed by atoms with Crippen LogP contribution in [0.3, 0.4) is 0 Å². The zero-order valence-corrected chi connectivity index (χ0v) is 13.4. The summed E-state index contributed by atoms with van der Waals surface area (Å²) < 4.78 is 5.98. The summed E-state index contributed by atoms with van der Waals surface area (Å²) in [6.45, 7) is 4.70. The number of hydrogen-bond donors (Lipinski definition) is 1. The molecule has 6 heteroatoms. The van der Waals surface area contributed by atoms with Crippen molar-refractivity contribution in [2.45, 2.75) is 25.7 Å². The van der Waals surface area contributed by atoms with Gasteiger partial charge in [-0.3, -0.25) is 9.97 Å². The molecule has 0 bridgehead atoms. The number of likely N-dealkylation sites (tertiary alicyclic amines) is 1. The smallest absolute Gasteiger partial charge is 0.241 e. The van der Waals surface area contributed by atoms with Crippen molar-refractivity contribution in [1.82, 2.24) is 19.9 Å². The van der Waals surface area contributed by atoms with E-state index in [2.05, 4.69) is 19.9 Å². The molecule has 0 aromatic carbocycles. The molecule has 1 aliphatic rings. The molecule has 0 spiro atoms. The first-order chi connectivity index (χ1) is 11.3. The van der Waals surface area contributed by atoms with Gasteiger partial charge in [0, 0.05) is 37.6 Å². The van der Waals surface area contributed by atoms with Crippen LogP contribution in [0.4, 0.5) is 0 Å². The lowest BCUT2D eigenvalue weighted by Gasteiger charge is -2.32. The summed E-state index contributed by atoms with van der Waals surface area (Å²) in [6, 6.07) is 3.74. The molecule has 0 aliphatic carbocycles. The Morgan fingerprint density at radius 2 is 2.13 bits per heavy atom. The lowest BCUT2D eigenvalue weighted by atomic mass is 9.94. The van der Waals surface area contributed by atoms with Crippen molar-refractivity contribution in [3.63, 3.8) is 0 Å². The lowest BCUT2D eigenvalue weighted by molar-refractivity contribution is 0.159. The van der Waals surface area contributed by atoms with E-state index >= 15 is 0 Å². The molecule has 1 aliphatic heterocycles. The fraction of sp³-hybridized carbons (Fsp3) is 0.471. The van der Waals surface area contributed by atoms with Gasteiger partial charge in [-0.15, -0.1) is 0 Å². The molecule has 23 heavy (non-hydrogen) atoms. The van der Waals surface area contributed by atoms with E-state index in [1.807, 2.05) is 19.1 Å². The van der Waals surface area contributed by atoms with E-state index in [-0.39, 0.29) is 12.5 Å². The normalized spacial score (nSPS) is 18.8. The number of ether oxygens (including phenoxy) is 1. The average molecular weight is 314 g/mol. The number of aryl methyl sites for hydroxylation is 1. The Hall–Kier alpha value is -2.05. The molecule has 2 aromatic heterocycles. The molecule has 0 radical (unpaired) electrons. The fourth-order valence-electron chi connectivity index (χ4n) is 3.00. The van der Waals surface area contributed by atoms with Gasteiger partial charge in [-0.05, 0) is 38.4 Å². The maximum absolute atomic E-state index is 9.15. The highest BCUT2D eigenvalue weighted by molar-refractivity contribution is 5.33. The molecule has 1 atom stereocenters. The quantitative estimate of drug-likeness (QED) is 0.912. The van der Waals surface area contributed by atoms with E-state index in [0.29, 0.717) is 18.2 Å². The molecule has 0 saturated carbocycles. The second-order valence-electron chi connectivity index (χ2n) is 5.80. The molecular weight excluding hydrogens is 292 g/mol. The fourth-order valence-corrected chi connectivity index (χ4v) is 3.00. The summed E-state index contributed by atoms with van der Waals surface area (Å²) >= 11 is 0. The number of aromatic nitrogens is 3. The number of rotatable bonds is 5. The summed E-state index contributed by atoms with van der Waals surface area (Å²) in [4.78, 5) is 15.4. The first-order valence-electron chi connectivity index (χ1n) is 8.01. The Bertz CT molecular complexity index is 648. The number of pyridine rings is 1. The van der Waals surface area contributed by atoms with Crippen molar-refractivity contribution in [1.29, 1.82) is 0 Å². The van der Waals surface area contributed by atoms with E-state index in [1.54, 1.807) is 18.6 Å². The minimum Gasteiger partial charge on any atom is -0.435 e. The number of nitrogens with zero attached hydrogens (tertiary/aromatic N) is 4. The molecule has 1 N–H and O–H groups in total. The predicted octanol–water partition coefficient (Wildman–Crippen LogP) is 2.14. The average Bonchev–Trinajstić information content (AvgIpc) is 2.58. The number of piperidine rings is 1. The van der Waals surface area contributed by atoms with Crippen molar-refractivity contribution >= 4 is 0 Å². The molecule has 1 saturated heterocycles. The van der Waals surface area contributed by atoms with Gasteiger partial charge >= 0.3 is 0 Å². The summed E-state index contributed by atoms with van der Waals surface area (Å²) in [5.41, 5.74) is 1.72. The zero-order valence-electron chi connectivity index (χ0n) is 13.4. The Morgan fingerprint density at radius 3 is 2.96 bits per heavy atom. The third-order valence-electron chi connectivity index (χ3n) is 4.16. The molecule has 3 rings (SSSR count). The van der Waals surface area contributed by atoms with Crippen LogP contribution in [0.1, 0.15) is 30.1 Å². The second kappa shape index (κ2) is 7.48. The molecule has 6 nitrogen and oxygen atoms in total. The number of hydrogen-bond acceptors (Lipinski definition) is 6. The lowest BCUT2D eigenvalue weighted by Crippen LogP contribution is -2.36. The van der Waals surface area contributed by atoms with Crippen LogP contribution in [0.2, 0.25) is 0 Å². The standard InChI is InChI=1S/C17H22N4O2/c1-13-15(5-2-6-18-13)23-17-16(19-7-8-20-17)14-4-3-9-21(12-14)10-11-22/h2,5-8,14,22H,3-4,9-12H2,1H3. The summed E-state index contributed by atoms with van der Waals surface area (Å²) in [7, 11) is 0. The topological polar surface area (TPSA) is 71.4 Å². The number of aliphatic hydroxyl groups excluding tert-OH is 1. The van der Waals surface area contributed by atoms with Crippen LogP contribution in [-0.2, 0) is 0 Å². The molecule has 122 valence electrons. The van der Waals surface area contributed by atoms with E-state index in [9.17, 15) is 0 Å². The monoisotopic (exact) mass is 314 g/mol. The van der Waals surface area contributed by atoms with Crippen LogP contribution in [0.25, 0.3) is 0 Å². The third-order valence-corrected chi connectivity index (χ3v) is 4.16. The minimum atomic E-state index is 0.186. The van der Waals surface area contributed by atoms with Gasteiger partial charge in [-0.1, -0.05) is 0 Å². The highest BCUT2D eigenvalue weighted by Gasteiger charge is 2.25. The SMILES string of the molecule is Cc1ncccc1Oc1nccnc1C1CCCN(CCO)C1. The first-order valence-corrected chi connectivity index (χ1v) is 8.01. The Balaban J connectivity index is 1.82. The van der Waals surface area contributed by atoms with Gasteiger partial charge in [0.05, 0.1) is 12.3 Å². The molecule has 0 amide bonds. The molecule has 1 fully saturated rings. The van der Waals surface area contributed by atoms with Gasteiger partial charge in [-0.2, -0.15) is 0 Å². The van der Waals surface area contributed by atoms with Crippen LogP contribution in [-0.4, -0.2) is 51.2 Å². The van der Waals surface area contributed by atoms with Crippen LogP contribution < -0.4 is 4.74 Å². The third kappa shape index (κ3) is 3.83. The van der Waals surface area contributed by atoms with Crippen LogP contribution in [0.15, 0.2) is 30.7 Å². The van der Waals surface area contributed by atoms with E-state index in [0.717, 1.165) is 37.3 Å². The predicted molar refractivity (Wildman–Crippen MR) is 86.6 cm³/mol. The molecule has 1 unspecified atom stereocenters. The molecule has 3 heterocycles. The van der Waals surface area contributed by atoms with Crippen LogP contribution >= 0.6 is 0 Å². The minimum absolute atomic E-state index is 0.186. The Kier molecular flexibility index (Phi) is 5.15. The van der Waals surface area contributed by atoms with Crippen LogP contribution in [0.5, 0.6) is 11.6 Å². The Morgan fingerprint density at radius 1 is 1.26 bits per heavy atom. The van der Waals surface area contributed by atoms with Crippen LogP contribution in [0, 0.1) is 6.92 Å². The Labute approximate surface area is 136 Å². The van der Waals surface area contributed by atoms with Crippen molar-refractivity contribution < 1.29 is 9.84 Å². The summed E-state index contributed by atoms with van der Waals surface area (Å²) in [6.07, 6.45) is 7.26. The van der Waals surface area contributed by atoms with Crippen molar-refractivity contribution in [2.75, 3.05) is 26.2 Å². The van der Waals surface area contributed by atoms with Gasteiger partial charge in [0.15, 0.2) is 5.75 Å². The van der Waals surface area contributed by atoms with E-state index in [4.69, 9.17) is 9.84 Å². The van der Waals surface area contributed by atoms with Gasteiger partial charge in [0.2, 0.25) is 5.88 Å². The molecular formula is C17H22N4O2. The van der Waals surface area contributed by atoms with Gasteiger partial charge in [0.1, 0.15) is 5.69 Å². The number of aliphatic hydroxyl groups is 1.